The van der Waals surface area contributed by atoms with Crippen molar-refractivity contribution in [1.82, 2.24) is 10.2 Å². The number of hydrogen-bond donors (Lipinski definition) is 3. The Morgan fingerprint density at radius 2 is 2.10 bits per heavy atom. The molecule has 0 aliphatic rings. The van der Waals surface area contributed by atoms with Crippen LogP contribution in [0.4, 0.5) is 11.4 Å². The number of nitrogen functional groups attached to an aromatic ring is 1. The summed E-state index contributed by atoms with van der Waals surface area (Å²) in [7, 11) is 3.37. The second-order valence-electron chi connectivity index (χ2n) is 5.00. The Kier molecular flexibility index (Phi) is 6.45. The molecule has 0 heterocycles. The molecule has 0 bridgehead atoms. The first-order chi connectivity index (χ1) is 9.83. The van der Waals surface area contributed by atoms with Crippen LogP contribution in [0.5, 0.6) is 0 Å². The Bertz CT molecular complexity index is 522. The molecule has 1 rings (SSSR count). The lowest BCUT2D eigenvalue weighted by Gasteiger charge is -2.20. The fourth-order valence-electron chi connectivity index (χ4n) is 1.93. The number of benzene rings is 1. The van der Waals surface area contributed by atoms with Crippen LogP contribution in [0.1, 0.15) is 6.92 Å². The van der Waals surface area contributed by atoms with Crippen molar-refractivity contribution in [2.75, 3.05) is 38.2 Å². The topological polar surface area (TPSA) is 87.5 Å². The van der Waals surface area contributed by atoms with Crippen LogP contribution in [-0.4, -0.2) is 43.9 Å². The maximum Gasteiger partial charge on any atom is 0.238 e. The van der Waals surface area contributed by atoms with E-state index in [0.29, 0.717) is 22.9 Å². The van der Waals surface area contributed by atoms with Crippen molar-refractivity contribution in [3.8, 4) is 0 Å². The summed E-state index contributed by atoms with van der Waals surface area (Å²) >= 11 is 5.98. The van der Waals surface area contributed by atoms with E-state index < -0.39 is 0 Å². The predicted octanol–water partition coefficient (Wildman–Crippen LogP) is 1.17. The Labute approximate surface area is 129 Å². The van der Waals surface area contributed by atoms with E-state index >= 15 is 0 Å². The number of rotatable bonds is 6. The Hall–Kier alpha value is -1.79. The van der Waals surface area contributed by atoms with E-state index in [2.05, 4.69) is 10.6 Å². The van der Waals surface area contributed by atoms with Gasteiger partial charge in [-0.15, -0.1) is 0 Å². The molecular formula is C14H21ClN4O2. The highest BCUT2D eigenvalue weighted by molar-refractivity contribution is 6.33. The molecule has 0 aromatic heterocycles. The van der Waals surface area contributed by atoms with Crippen LogP contribution in [0.3, 0.4) is 0 Å². The summed E-state index contributed by atoms with van der Waals surface area (Å²) in [5.74, 6) is -0.459. The van der Waals surface area contributed by atoms with E-state index in [1.165, 1.54) is 0 Å². The number of hydrogen-bond acceptors (Lipinski definition) is 4. The average Bonchev–Trinajstić information content (AvgIpc) is 2.41. The average molecular weight is 313 g/mol. The molecule has 0 saturated heterocycles. The number of likely N-dealkylation sites (N-methyl/N-ethyl adjacent to an activating group) is 1. The van der Waals surface area contributed by atoms with E-state index in [1.54, 1.807) is 37.2 Å². The zero-order valence-electron chi connectivity index (χ0n) is 12.4. The number of amides is 2. The monoisotopic (exact) mass is 312 g/mol. The Balaban J connectivity index is 2.53. The van der Waals surface area contributed by atoms with Gasteiger partial charge in [0.2, 0.25) is 11.8 Å². The molecule has 0 aliphatic heterocycles. The summed E-state index contributed by atoms with van der Waals surface area (Å²) in [4.78, 5) is 25.2. The van der Waals surface area contributed by atoms with Gasteiger partial charge in [-0.2, -0.15) is 0 Å². The Morgan fingerprint density at radius 3 is 2.71 bits per heavy atom. The highest BCUT2D eigenvalue weighted by atomic mass is 35.5. The van der Waals surface area contributed by atoms with Gasteiger partial charge in [0, 0.05) is 25.2 Å². The Morgan fingerprint density at radius 1 is 1.43 bits per heavy atom. The summed E-state index contributed by atoms with van der Waals surface area (Å²) in [6.45, 7) is 2.45. The molecule has 0 aliphatic carbocycles. The van der Waals surface area contributed by atoms with E-state index in [0.717, 1.165) is 0 Å². The standard InChI is InChI=1S/C14H21ClN4O2/c1-9(14(21)17-2)7-19(3)8-13(20)18-12-6-10(16)4-5-11(12)15/h4-6,9H,7-8,16H2,1-3H3,(H,17,21)(H,18,20). The number of nitrogens with one attached hydrogen (secondary N) is 2. The quantitative estimate of drug-likeness (QED) is 0.688. The first-order valence-electron chi connectivity index (χ1n) is 6.58. The first kappa shape index (κ1) is 17.3. The molecule has 1 aromatic carbocycles. The molecule has 1 atom stereocenters. The van der Waals surface area contributed by atoms with Crippen molar-refractivity contribution >= 4 is 34.8 Å². The lowest BCUT2D eigenvalue weighted by Crippen LogP contribution is -2.38. The van der Waals surface area contributed by atoms with Crippen molar-refractivity contribution in [2.24, 2.45) is 5.92 Å². The lowest BCUT2D eigenvalue weighted by atomic mass is 10.1. The molecule has 7 heteroatoms. The SMILES string of the molecule is CNC(=O)C(C)CN(C)CC(=O)Nc1cc(N)ccc1Cl. The van der Waals surface area contributed by atoms with Crippen LogP contribution in [0.25, 0.3) is 0 Å². The summed E-state index contributed by atoms with van der Waals surface area (Å²) < 4.78 is 0. The fraction of sp³-hybridized carbons (Fsp3) is 0.429. The minimum Gasteiger partial charge on any atom is -0.399 e. The maximum absolute atomic E-state index is 12.0. The molecule has 6 nitrogen and oxygen atoms in total. The lowest BCUT2D eigenvalue weighted by molar-refractivity contribution is -0.125. The van der Waals surface area contributed by atoms with E-state index in [-0.39, 0.29) is 24.3 Å². The smallest absolute Gasteiger partial charge is 0.238 e. The zero-order valence-corrected chi connectivity index (χ0v) is 13.2. The van der Waals surface area contributed by atoms with Crippen LogP contribution in [0.15, 0.2) is 18.2 Å². The molecule has 0 saturated carbocycles. The second-order valence-corrected chi connectivity index (χ2v) is 5.41. The molecule has 116 valence electrons. The summed E-state index contributed by atoms with van der Waals surface area (Å²) in [5, 5.41) is 5.71. The molecule has 0 spiro atoms. The van der Waals surface area contributed by atoms with Gasteiger partial charge in [-0.05, 0) is 25.2 Å². The molecule has 1 aromatic rings. The molecule has 21 heavy (non-hydrogen) atoms. The number of anilines is 2. The third kappa shape index (κ3) is 5.61. The normalized spacial score (nSPS) is 12.0. The fourth-order valence-corrected chi connectivity index (χ4v) is 2.10. The number of carbonyl (C=O) groups excluding carboxylic acids is 2. The molecule has 4 N–H and O–H groups in total. The van der Waals surface area contributed by atoms with Crippen LogP contribution in [0, 0.1) is 5.92 Å². The van der Waals surface area contributed by atoms with Gasteiger partial charge < -0.3 is 16.4 Å². The van der Waals surface area contributed by atoms with Gasteiger partial charge in [0.05, 0.1) is 17.3 Å². The van der Waals surface area contributed by atoms with Gasteiger partial charge in [0.1, 0.15) is 0 Å². The number of nitrogens with zero attached hydrogens (tertiary/aromatic N) is 1. The largest absolute Gasteiger partial charge is 0.399 e. The molecule has 0 radical (unpaired) electrons. The van der Waals surface area contributed by atoms with E-state index in [1.807, 2.05) is 6.92 Å². The number of halogens is 1. The van der Waals surface area contributed by atoms with E-state index in [4.69, 9.17) is 17.3 Å². The minimum atomic E-state index is -0.214. The van der Waals surface area contributed by atoms with Crippen molar-refractivity contribution in [2.45, 2.75) is 6.92 Å². The maximum atomic E-state index is 12.0. The van der Waals surface area contributed by atoms with Gasteiger partial charge in [-0.1, -0.05) is 18.5 Å². The van der Waals surface area contributed by atoms with Gasteiger partial charge in [0.25, 0.3) is 0 Å². The first-order valence-corrected chi connectivity index (χ1v) is 6.96. The molecule has 0 fully saturated rings. The van der Waals surface area contributed by atoms with Gasteiger partial charge in [-0.3, -0.25) is 14.5 Å². The summed E-state index contributed by atoms with van der Waals surface area (Å²) in [6.07, 6.45) is 0. The van der Waals surface area contributed by atoms with Gasteiger partial charge in [0.15, 0.2) is 0 Å². The summed E-state index contributed by atoms with van der Waals surface area (Å²) in [6, 6.07) is 4.90. The second kappa shape index (κ2) is 7.85. The van der Waals surface area contributed by atoms with Crippen molar-refractivity contribution < 1.29 is 9.59 Å². The number of carbonyl (C=O) groups is 2. The van der Waals surface area contributed by atoms with Crippen molar-refractivity contribution in [3.05, 3.63) is 23.2 Å². The van der Waals surface area contributed by atoms with Gasteiger partial charge in [-0.25, -0.2) is 0 Å². The highest BCUT2D eigenvalue weighted by Crippen LogP contribution is 2.23. The summed E-state index contributed by atoms with van der Waals surface area (Å²) in [5.41, 5.74) is 6.66. The third-order valence-corrected chi connectivity index (χ3v) is 3.29. The predicted molar refractivity (Wildman–Crippen MR) is 85.2 cm³/mol. The van der Waals surface area contributed by atoms with Crippen molar-refractivity contribution in [3.63, 3.8) is 0 Å². The molecule has 1 unspecified atom stereocenters. The number of nitrogens with two attached hydrogens (primary N) is 1. The minimum absolute atomic E-state index is 0.0545. The molecular weight excluding hydrogens is 292 g/mol. The third-order valence-electron chi connectivity index (χ3n) is 2.96. The van der Waals surface area contributed by atoms with Crippen LogP contribution >= 0.6 is 11.6 Å². The van der Waals surface area contributed by atoms with Crippen LogP contribution < -0.4 is 16.4 Å². The highest BCUT2D eigenvalue weighted by Gasteiger charge is 2.16. The zero-order chi connectivity index (χ0) is 16.0. The van der Waals surface area contributed by atoms with Gasteiger partial charge >= 0.3 is 0 Å². The van der Waals surface area contributed by atoms with Crippen LogP contribution in [0.2, 0.25) is 5.02 Å². The van der Waals surface area contributed by atoms with Crippen molar-refractivity contribution in [1.29, 1.82) is 0 Å². The van der Waals surface area contributed by atoms with E-state index in [9.17, 15) is 9.59 Å². The van der Waals surface area contributed by atoms with Crippen LogP contribution in [-0.2, 0) is 9.59 Å². The molecule has 2 amide bonds.